The van der Waals surface area contributed by atoms with Crippen LogP contribution in [0, 0.1) is 5.92 Å². The molecule has 0 N–H and O–H groups in total. The molecule has 22 heavy (non-hydrogen) atoms. The van der Waals surface area contributed by atoms with E-state index in [-0.39, 0.29) is 24.4 Å². The molecule has 1 aliphatic heterocycles. The third-order valence-electron chi connectivity index (χ3n) is 3.77. The van der Waals surface area contributed by atoms with Crippen LogP contribution in [-0.2, 0) is 11.3 Å². The van der Waals surface area contributed by atoms with Crippen molar-refractivity contribution in [3.8, 4) is 0 Å². The van der Waals surface area contributed by atoms with Gasteiger partial charge in [0.05, 0.1) is 5.92 Å². The van der Waals surface area contributed by atoms with Gasteiger partial charge in [-0.05, 0) is 5.56 Å². The lowest BCUT2D eigenvalue weighted by atomic mass is 9.91. The fraction of sp³-hybridized carbons (Fsp3) is 0.222. The molecule has 4 heteroatoms. The second-order valence-electron chi connectivity index (χ2n) is 5.37. The van der Waals surface area contributed by atoms with E-state index in [1.165, 1.54) is 0 Å². The number of ketones is 1. The summed E-state index contributed by atoms with van der Waals surface area (Å²) in [5, 5.41) is 0. The quantitative estimate of drug-likeness (QED) is 0.814. The van der Waals surface area contributed by atoms with E-state index in [9.17, 15) is 9.59 Å². The second-order valence-corrected chi connectivity index (χ2v) is 5.37. The molecular weight excluding hydrogens is 278 g/mol. The number of amides is 1. The van der Waals surface area contributed by atoms with Gasteiger partial charge < -0.3 is 9.64 Å². The number of rotatable bonds is 4. The average Bonchev–Trinajstić information content (AvgIpc) is 2.53. The lowest BCUT2D eigenvalue weighted by Gasteiger charge is -2.37. The van der Waals surface area contributed by atoms with Gasteiger partial charge >= 0.3 is 6.09 Å². The molecule has 0 spiro atoms. The fourth-order valence-corrected chi connectivity index (χ4v) is 2.44. The van der Waals surface area contributed by atoms with Crippen molar-refractivity contribution in [3.05, 3.63) is 71.8 Å². The molecule has 1 amide bonds. The maximum absolute atomic E-state index is 12.2. The molecule has 0 radical (unpaired) electrons. The average molecular weight is 295 g/mol. The van der Waals surface area contributed by atoms with Crippen molar-refractivity contribution in [2.45, 2.75) is 6.61 Å². The Balaban J connectivity index is 1.47. The largest absolute Gasteiger partial charge is 0.445 e. The Bertz CT molecular complexity index is 649. The highest BCUT2D eigenvalue weighted by atomic mass is 16.6. The van der Waals surface area contributed by atoms with Gasteiger partial charge in [-0.15, -0.1) is 0 Å². The van der Waals surface area contributed by atoms with E-state index in [0.29, 0.717) is 18.7 Å². The van der Waals surface area contributed by atoms with Crippen LogP contribution in [-0.4, -0.2) is 29.9 Å². The molecule has 0 atom stereocenters. The van der Waals surface area contributed by atoms with E-state index >= 15 is 0 Å². The number of benzene rings is 2. The molecule has 0 aliphatic carbocycles. The summed E-state index contributed by atoms with van der Waals surface area (Å²) in [6.45, 7) is 1.12. The van der Waals surface area contributed by atoms with E-state index in [2.05, 4.69) is 0 Å². The molecule has 2 aromatic rings. The van der Waals surface area contributed by atoms with Crippen LogP contribution in [0.15, 0.2) is 60.7 Å². The van der Waals surface area contributed by atoms with Gasteiger partial charge in [-0.1, -0.05) is 60.7 Å². The van der Waals surface area contributed by atoms with E-state index in [1.807, 2.05) is 48.5 Å². The first-order chi connectivity index (χ1) is 10.7. The molecule has 0 bridgehead atoms. The summed E-state index contributed by atoms with van der Waals surface area (Å²) in [6, 6.07) is 18.7. The second kappa shape index (κ2) is 6.43. The van der Waals surface area contributed by atoms with E-state index in [1.54, 1.807) is 17.0 Å². The maximum atomic E-state index is 12.2. The van der Waals surface area contributed by atoms with Gasteiger partial charge in [-0.3, -0.25) is 4.79 Å². The first-order valence-electron chi connectivity index (χ1n) is 7.29. The SMILES string of the molecule is O=C(c1ccccc1)C1CN(C(=O)OCc2ccccc2)C1. The Morgan fingerprint density at radius 2 is 1.55 bits per heavy atom. The monoisotopic (exact) mass is 295 g/mol. The predicted molar refractivity (Wildman–Crippen MR) is 82.5 cm³/mol. The molecule has 2 aromatic carbocycles. The number of ether oxygens (including phenoxy) is 1. The van der Waals surface area contributed by atoms with Crippen molar-refractivity contribution >= 4 is 11.9 Å². The lowest BCUT2D eigenvalue weighted by molar-refractivity contribution is 0.0442. The number of nitrogens with zero attached hydrogens (tertiary/aromatic N) is 1. The first-order valence-corrected chi connectivity index (χ1v) is 7.29. The summed E-state index contributed by atoms with van der Waals surface area (Å²) in [4.78, 5) is 25.7. The number of carbonyl (C=O) groups is 2. The van der Waals surface area contributed by atoms with Crippen LogP contribution in [0.3, 0.4) is 0 Å². The molecule has 112 valence electrons. The van der Waals surface area contributed by atoms with Crippen LogP contribution in [0.25, 0.3) is 0 Å². The Labute approximate surface area is 129 Å². The number of Topliss-reactive ketones (excluding diaryl/α,β-unsaturated/α-hetero) is 1. The highest BCUT2D eigenvalue weighted by Gasteiger charge is 2.36. The van der Waals surface area contributed by atoms with Crippen LogP contribution in [0.5, 0.6) is 0 Å². The minimum Gasteiger partial charge on any atom is -0.445 e. The van der Waals surface area contributed by atoms with Gasteiger partial charge in [-0.2, -0.15) is 0 Å². The topological polar surface area (TPSA) is 46.6 Å². The van der Waals surface area contributed by atoms with Gasteiger partial charge in [-0.25, -0.2) is 4.79 Å². The summed E-state index contributed by atoms with van der Waals surface area (Å²) >= 11 is 0. The highest BCUT2D eigenvalue weighted by molar-refractivity contribution is 5.99. The first kappa shape index (κ1) is 14.3. The molecular formula is C18H17NO3. The van der Waals surface area contributed by atoms with Gasteiger partial charge in [0.15, 0.2) is 5.78 Å². The van der Waals surface area contributed by atoms with E-state index < -0.39 is 0 Å². The molecule has 0 unspecified atom stereocenters. The van der Waals surface area contributed by atoms with Crippen molar-refractivity contribution in [1.29, 1.82) is 0 Å². The van der Waals surface area contributed by atoms with Crippen molar-refractivity contribution in [2.75, 3.05) is 13.1 Å². The standard InChI is InChI=1S/C18H17NO3/c20-17(15-9-5-2-6-10-15)16-11-19(12-16)18(21)22-13-14-7-3-1-4-8-14/h1-10,16H,11-13H2. The smallest absolute Gasteiger partial charge is 0.410 e. The van der Waals surface area contributed by atoms with Crippen molar-refractivity contribution in [3.63, 3.8) is 0 Å². The zero-order valence-electron chi connectivity index (χ0n) is 12.1. The van der Waals surface area contributed by atoms with Gasteiger partial charge in [0, 0.05) is 18.7 Å². The number of hydrogen-bond donors (Lipinski definition) is 0. The Hall–Kier alpha value is -2.62. The van der Waals surface area contributed by atoms with Gasteiger partial charge in [0.2, 0.25) is 0 Å². The zero-order valence-corrected chi connectivity index (χ0v) is 12.1. The molecule has 1 fully saturated rings. The summed E-state index contributed by atoms with van der Waals surface area (Å²) in [5.41, 5.74) is 1.65. The van der Waals surface area contributed by atoms with Crippen molar-refractivity contribution < 1.29 is 14.3 Å². The molecule has 1 heterocycles. The molecule has 0 saturated carbocycles. The lowest BCUT2D eigenvalue weighted by Crippen LogP contribution is -2.53. The Kier molecular flexibility index (Phi) is 4.19. The van der Waals surface area contributed by atoms with Crippen LogP contribution in [0.2, 0.25) is 0 Å². The molecule has 3 rings (SSSR count). The molecule has 1 aliphatic rings. The van der Waals surface area contributed by atoms with Crippen LogP contribution in [0.4, 0.5) is 4.79 Å². The highest BCUT2D eigenvalue weighted by Crippen LogP contribution is 2.21. The van der Waals surface area contributed by atoms with Crippen LogP contribution >= 0.6 is 0 Å². The summed E-state index contributed by atoms with van der Waals surface area (Å²) in [5.74, 6) is -0.0283. The third kappa shape index (κ3) is 3.17. The Morgan fingerprint density at radius 3 is 2.18 bits per heavy atom. The fourth-order valence-electron chi connectivity index (χ4n) is 2.44. The summed E-state index contributed by atoms with van der Waals surface area (Å²) in [6.07, 6.45) is -0.360. The zero-order chi connectivity index (χ0) is 15.4. The van der Waals surface area contributed by atoms with Gasteiger partial charge in [0.1, 0.15) is 6.61 Å². The number of hydrogen-bond acceptors (Lipinski definition) is 3. The molecule has 4 nitrogen and oxygen atoms in total. The maximum Gasteiger partial charge on any atom is 0.410 e. The number of carbonyl (C=O) groups excluding carboxylic acids is 2. The Morgan fingerprint density at radius 1 is 0.955 bits per heavy atom. The van der Waals surface area contributed by atoms with Gasteiger partial charge in [0.25, 0.3) is 0 Å². The minimum absolute atomic E-state index is 0.0905. The number of likely N-dealkylation sites (tertiary alicyclic amines) is 1. The predicted octanol–water partition coefficient (Wildman–Crippen LogP) is 3.14. The normalized spacial score (nSPS) is 14.3. The molecule has 0 aromatic heterocycles. The molecule has 1 saturated heterocycles. The minimum atomic E-state index is -0.360. The van der Waals surface area contributed by atoms with Crippen molar-refractivity contribution in [2.24, 2.45) is 5.92 Å². The summed E-state index contributed by atoms with van der Waals surface area (Å²) < 4.78 is 5.24. The van der Waals surface area contributed by atoms with E-state index in [0.717, 1.165) is 5.56 Å². The third-order valence-corrected chi connectivity index (χ3v) is 3.77. The van der Waals surface area contributed by atoms with Crippen molar-refractivity contribution in [1.82, 2.24) is 4.90 Å². The van der Waals surface area contributed by atoms with Crippen LogP contribution in [0.1, 0.15) is 15.9 Å². The summed E-state index contributed by atoms with van der Waals surface area (Å²) in [7, 11) is 0. The van der Waals surface area contributed by atoms with E-state index in [4.69, 9.17) is 4.74 Å². The van der Waals surface area contributed by atoms with Crippen LogP contribution < -0.4 is 0 Å².